The van der Waals surface area contributed by atoms with Gasteiger partial charge in [-0.25, -0.2) is 0 Å². The van der Waals surface area contributed by atoms with Crippen LogP contribution in [0.4, 0.5) is 0 Å². The highest BCUT2D eigenvalue weighted by molar-refractivity contribution is 5.93. The van der Waals surface area contributed by atoms with Crippen LogP contribution in [-0.2, 0) is 30.4 Å². The van der Waals surface area contributed by atoms with E-state index >= 15 is 0 Å². The van der Waals surface area contributed by atoms with Gasteiger partial charge in [0.1, 0.15) is 5.41 Å². The third-order valence-corrected chi connectivity index (χ3v) is 8.37. The topological polar surface area (TPSA) is 84.9 Å². The third kappa shape index (κ3) is 5.80. The van der Waals surface area contributed by atoms with Crippen molar-refractivity contribution in [3.8, 4) is 0 Å². The molecule has 7 heteroatoms. The summed E-state index contributed by atoms with van der Waals surface area (Å²) in [4.78, 5) is 42.7. The van der Waals surface area contributed by atoms with Crippen molar-refractivity contribution in [2.45, 2.75) is 79.6 Å². The number of hydrogen-bond donors (Lipinski definition) is 1. The average Bonchev–Trinajstić information content (AvgIpc) is 2.90. The summed E-state index contributed by atoms with van der Waals surface area (Å²) in [7, 11) is 1.37. The smallest absolute Gasteiger partial charge is 0.320 e. The van der Waals surface area contributed by atoms with Crippen LogP contribution in [-0.4, -0.2) is 48.5 Å². The lowest BCUT2D eigenvalue weighted by molar-refractivity contribution is -0.180. The summed E-state index contributed by atoms with van der Waals surface area (Å²) in [6.45, 7) is 13.2. The fourth-order valence-corrected chi connectivity index (χ4v) is 6.00. The Labute approximate surface area is 238 Å². The predicted octanol–water partition coefficient (Wildman–Crippen LogP) is 5.62. The van der Waals surface area contributed by atoms with Crippen molar-refractivity contribution in [3.05, 3.63) is 59.8 Å². The second-order valence-corrected chi connectivity index (χ2v) is 12.8. The van der Waals surface area contributed by atoms with Gasteiger partial charge in [-0.1, -0.05) is 77.1 Å². The standard InChI is InChI=1S/C33H44N2O5/c1-21(2)15-16-34-29(36)17-25-19-33(31(38)39-7)22(3)40-28(32(4,5)6)18-27(33)35(30(25)37)20-24-13-10-12-23-11-8-9-14-26(23)24/h8-14,18,21-22,25,28H,15-17,19-20H2,1-7H3,(H,34,36)/t22-,25+,28-,33+/m1/s1. The number of nitrogens with zero attached hydrogens (tertiary/aromatic N) is 1. The van der Waals surface area contributed by atoms with E-state index in [9.17, 15) is 14.4 Å². The molecule has 1 N–H and O–H groups in total. The van der Waals surface area contributed by atoms with Crippen molar-refractivity contribution >= 4 is 28.6 Å². The molecule has 0 unspecified atom stereocenters. The van der Waals surface area contributed by atoms with Gasteiger partial charge in [0.05, 0.1) is 25.9 Å². The first-order chi connectivity index (χ1) is 18.9. The van der Waals surface area contributed by atoms with E-state index in [0.29, 0.717) is 18.2 Å². The zero-order chi connectivity index (χ0) is 29.2. The molecule has 0 saturated carbocycles. The molecule has 2 aliphatic heterocycles. The zero-order valence-electron chi connectivity index (χ0n) is 25.0. The molecule has 0 aliphatic carbocycles. The number of fused-ring (bicyclic) bond motifs is 2. The third-order valence-electron chi connectivity index (χ3n) is 8.37. The van der Waals surface area contributed by atoms with Crippen LogP contribution in [0.25, 0.3) is 10.8 Å². The van der Waals surface area contributed by atoms with Crippen molar-refractivity contribution in [1.29, 1.82) is 0 Å². The first-order valence-electron chi connectivity index (χ1n) is 14.4. The van der Waals surface area contributed by atoms with Gasteiger partial charge in [-0.3, -0.25) is 14.4 Å². The highest BCUT2D eigenvalue weighted by Gasteiger charge is 2.60. The Morgan fingerprint density at radius 1 is 1.15 bits per heavy atom. The van der Waals surface area contributed by atoms with Crippen LogP contribution in [0.2, 0.25) is 0 Å². The van der Waals surface area contributed by atoms with Crippen LogP contribution < -0.4 is 5.32 Å². The Morgan fingerprint density at radius 2 is 1.85 bits per heavy atom. The van der Waals surface area contributed by atoms with E-state index in [4.69, 9.17) is 9.47 Å². The Morgan fingerprint density at radius 3 is 2.52 bits per heavy atom. The normalized spacial score (nSPS) is 25.0. The van der Waals surface area contributed by atoms with Gasteiger partial charge in [0.15, 0.2) is 0 Å². The minimum atomic E-state index is -1.21. The number of rotatable bonds is 8. The number of methoxy groups -OCH3 is 1. The molecule has 2 heterocycles. The maximum atomic E-state index is 14.3. The maximum absolute atomic E-state index is 14.3. The Bertz CT molecular complexity index is 1290. The van der Waals surface area contributed by atoms with E-state index in [1.165, 1.54) is 7.11 Å². The van der Waals surface area contributed by atoms with Crippen molar-refractivity contribution < 1.29 is 23.9 Å². The molecule has 4 rings (SSSR count). The first-order valence-corrected chi connectivity index (χ1v) is 14.4. The highest BCUT2D eigenvalue weighted by Crippen LogP contribution is 2.52. The molecule has 0 aromatic heterocycles. The van der Waals surface area contributed by atoms with Crippen LogP contribution in [0, 0.1) is 22.7 Å². The number of nitrogens with one attached hydrogen (secondary N) is 1. The minimum Gasteiger partial charge on any atom is -0.468 e. The Kier molecular flexibility index (Phi) is 8.74. The zero-order valence-corrected chi connectivity index (χ0v) is 25.0. The quantitative estimate of drug-likeness (QED) is 0.433. The molecule has 40 heavy (non-hydrogen) atoms. The molecule has 2 aliphatic rings. The molecule has 216 valence electrons. The van der Waals surface area contributed by atoms with Gasteiger partial charge in [-0.15, -0.1) is 0 Å². The molecular weight excluding hydrogens is 504 g/mol. The van der Waals surface area contributed by atoms with E-state index in [2.05, 4.69) is 39.9 Å². The largest absolute Gasteiger partial charge is 0.468 e. The lowest BCUT2D eigenvalue weighted by Gasteiger charge is -2.53. The number of ether oxygens (including phenoxy) is 2. The summed E-state index contributed by atoms with van der Waals surface area (Å²) >= 11 is 0. The first kappa shape index (κ1) is 29.8. The van der Waals surface area contributed by atoms with Crippen molar-refractivity contribution in [3.63, 3.8) is 0 Å². The van der Waals surface area contributed by atoms with E-state index in [1.54, 1.807) is 4.90 Å². The van der Waals surface area contributed by atoms with Crippen molar-refractivity contribution in [2.24, 2.45) is 22.7 Å². The summed E-state index contributed by atoms with van der Waals surface area (Å²) in [5.74, 6) is -1.02. The maximum Gasteiger partial charge on any atom is 0.320 e. The molecule has 2 amide bonds. The molecule has 0 radical (unpaired) electrons. The van der Waals surface area contributed by atoms with Gasteiger partial charge >= 0.3 is 5.97 Å². The number of carbonyl (C=O) groups is 3. The average molecular weight is 549 g/mol. The fourth-order valence-electron chi connectivity index (χ4n) is 6.00. The van der Waals surface area contributed by atoms with Crippen LogP contribution in [0.5, 0.6) is 0 Å². The second-order valence-electron chi connectivity index (χ2n) is 12.8. The molecule has 2 aromatic carbocycles. The monoisotopic (exact) mass is 548 g/mol. The summed E-state index contributed by atoms with van der Waals surface area (Å²) in [6, 6.07) is 14.1. The SMILES string of the molecule is COC(=O)[C@]12C[C@H](CC(=O)NCCC(C)C)C(=O)N(Cc3cccc4ccccc34)C1=C[C@H](C(C)(C)C)O[C@@H]2C. The van der Waals surface area contributed by atoms with Crippen molar-refractivity contribution in [2.75, 3.05) is 13.7 Å². The number of likely N-dealkylation sites (tertiary alicyclic amines) is 1. The molecule has 1 saturated heterocycles. The van der Waals surface area contributed by atoms with E-state index in [1.807, 2.05) is 55.5 Å². The van der Waals surface area contributed by atoms with Crippen molar-refractivity contribution in [1.82, 2.24) is 10.2 Å². The summed E-state index contributed by atoms with van der Waals surface area (Å²) in [5, 5.41) is 5.08. The molecule has 0 bridgehead atoms. The lowest BCUT2D eigenvalue weighted by atomic mass is 9.65. The lowest BCUT2D eigenvalue weighted by Crippen LogP contribution is -2.61. The van der Waals surface area contributed by atoms with Gasteiger partial charge in [0, 0.05) is 24.6 Å². The summed E-state index contributed by atoms with van der Waals surface area (Å²) < 4.78 is 11.9. The summed E-state index contributed by atoms with van der Waals surface area (Å²) in [5.41, 5.74) is 0.120. The van der Waals surface area contributed by atoms with Crippen LogP contribution in [0.1, 0.15) is 66.4 Å². The highest BCUT2D eigenvalue weighted by atomic mass is 16.5. The Balaban J connectivity index is 1.80. The number of amides is 2. The van der Waals surface area contributed by atoms with Gasteiger partial charge in [0.2, 0.25) is 11.8 Å². The molecular formula is C33H44N2O5. The molecule has 7 nitrogen and oxygen atoms in total. The van der Waals surface area contributed by atoms with E-state index in [0.717, 1.165) is 22.8 Å². The van der Waals surface area contributed by atoms with E-state index in [-0.39, 0.29) is 42.7 Å². The number of hydrogen-bond acceptors (Lipinski definition) is 5. The Hall–Kier alpha value is -3.19. The number of carbonyl (C=O) groups excluding carboxylic acids is 3. The molecule has 2 aromatic rings. The summed E-state index contributed by atoms with van der Waals surface area (Å²) in [6.07, 6.45) is 2.10. The molecule has 4 atom stereocenters. The van der Waals surface area contributed by atoms with Crippen LogP contribution in [0.3, 0.4) is 0 Å². The molecule has 0 spiro atoms. The minimum absolute atomic E-state index is 0.00437. The van der Waals surface area contributed by atoms with Crippen LogP contribution in [0.15, 0.2) is 54.2 Å². The molecule has 1 fully saturated rings. The van der Waals surface area contributed by atoms with Gasteiger partial charge < -0.3 is 19.7 Å². The van der Waals surface area contributed by atoms with Gasteiger partial charge in [-0.2, -0.15) is 0 Å². The fraction of sp³-hybridized carbons (Fsp3) is 0.545. The number of esters is 1. The number of benzene rings is 2. The van der Waals surface area contributed by atoms with Crippen LogP contribution >= 0.6 is 0 Å². The second kappa shape index (κ2) is 11.7. The van der Waals surface area contributed by atoms with E-state index < -0.39 is 23.4 Å². The number of piperidine rings is 1. The van der Waals surface area contributed by atoms with Gasteiger partial charge in [0.25, 0.3) is 0 Å². The predicted molar refractivity (Wildman–Crippen MR) is 156 cm³/mol. The van der Waals surface area contributed by atoms with Gasteiger partial charge in [-0.05, 0) is 53.5 Å².